The van der Waals surface area contributed by atoms with Crippen LogP contribution in [-0.4, -0.2) is 40.5 Å². The van der Waals surface area contributed by atoms with Gasteiger partial charge in [-0.15, -0.1) is 0 Å². The normalized spacial score (nSPS) is 17.6. The van der Waals surface area contributed by atoms with Crippen LogP contribution < -0.4 is 0 Å². The van der Waals surface area contributed by atoms with Crippen molar-refractivity contribution in [3.8, 4) is 0 Å². The maximum absolute atomic E-state index is 13.2. The Labute approximate surface area is 176 Å². The minimum Gasteiger partial charge on any atom is -0.334 e. The van der Waals surface area contributed by atoms with E-state index in [9.17, 15) is 9.59 Å². The van der Waals surface area contributed by atoms with Crippen molar-refractivity contribution >= 4 is 17.5 Å². The van der Waals surface area contributed by atoms with Crippen LogP contribution in [0.2, 0.25) is 0 Å². The average molecular weight is 397 g/mol. The van der Waals surface area contributed by atoms with Gasteiger partial charge in [-0.25, -0.2) is 4.99 Å². The van der Waals surface area contributed by atoms with Gasteiger partial charge >= 0.3 is 0 Å². The van der Waals surface area contributed by atoms with Crippen molar-refractivity contribution in [3.05, 3.63) is 101 Å². The minimum absolute atomic E-state index is 0.0200. The number of amides is 2. The van der Waals surface area contributed by atoms with Gasteiger partial charge in [-0.2, -0.15) is 0 Å². The maximum atomic E-state index is 13.2. The van der Waals surface area contributed by atoms with Crippen LogP contribution in [0.1, 0.15) is 22.8 Å². The Morgan fingerprint density at radius 1 is 1.10 bits per heavy atom. The Kier molecular flexibility index (Phi) is 5.80. The Hall–Kier alpha value is -3.60. The van der Waals surface area contributed by atoms with Crippen LogP contribution in [0.5, 0.6) is 0 Å². The summed E-state index contributed by atoms with van der Waals surface area (Å²) in [6.07, 6.45) is 11.9. The number of hydrogen-bond acceptors (Lipinski definition) is 3. The fourth-order valence-corrected chi connectivity index (χ4v) is 3.62. The highest BCUT2D eigenvalue weighted by molar-refractivity contribution is 6.13. The zero-order valence-corrected chi connectivity index (χ0v) is 16.9. The molecule has 1 aliphatic heterocycles. The lowest BCUT2D eigenvalue weighted by molar-refractivity contribution is -0.114. The summed E-state index contributed by atoms with van der Waals surface area (Å²) in [6, 6.07) is 13.4. The van der Waals surface area contributed by atoms with E-state index in [0.717, 1.165) is 16.8 Å². The zero-order chi connectivity index (χ0) is 20.9. The number of rotatable bonds is 6. The van der Waals surface area contributed by atoms with Gasteiger partial charge in [0.15, 0.2) is 0 Å². The summed E-state index contributed by atoms with van der Waals surface area (Å²) in [5.74, 6) is -0.409. The third-order valence-electron chi connectivity index (χ3n) is 5.26. The van der Waals surface area contributed by atoms with E-state index in [1.807, 2.05) is 61.6 Å². The van der Waals surface area contributed by atoms with Gasteiger partial charge in [-0.1, -0.05) is 48.6 Å². The summed E-state index contributed by atoms with van der Waals surface area (Å²) in [5, 5.41) is 0. The van der Waals surface area contributed by atoms with Gasteiger partial charge in [0.25, 0.3) is 11.8 Å². The summed E-state index contributed by atoms with van der Waals surface area (Å²) in [7, 11) is 0. The van der Waals surface area contributed by atoms with Gasteiger partial charge in [-0.05, 0) is 42.7 Å². The molecule has 4 rings (SSSR count). The monoisotopic (exact) mass is 397 g/mol. The first-order chi connectivity index (χ1) is 14.6. The van der Waals surface area contributed by atoms with Crippen molar-refractivity contribution in [2.75, 3.05) is 13.1 Å². The van der Waals surface area contributed by atoms with Crippen molar-refractivity contribution in [1.29, 1.82) is 0 Å². The van der Waals surface area contributed by atoms with Crippen molar-refractivity contribution in [2.45, 2.75) is 13.3 Å². The third kappa shape index (κ3) is 4.51. The molecular formula is C25H23N3O2. The van der Waals surface area contributed by atoms with Crippen LogP contribution in [0.15, 0.2) is 95.3 Å². The molecule has 0 saturated carbocycles. The maximum Gasteiger partial charge on any atom is 0.274 e. The molecule has 2 amide bonds. The first-order valence-electron chi connectivity index (χ1n) is 10.0. The van der Waals surface area contributed by atoms with Crippen LogP contribution in [-0.2, 0) is 11.2 Å². The predicted molar refractivity (Wildman–Crippen MR) is 117 cm³/mol. The van der Waals surface area contributed by atoms with E-state index in [1.165, 1.54) is 0 Å². The number of hydrogen-bond donors (Lipinski definition) is 0. The van der Waals surface area contributed by atoms with Crippen molar-refractivity contribution in [2.24, 2.45) is 10.9 Å². The van der Waals surface area contributed by atoms with Gasteiger partial charge in [0.2, 0.25) is 0 Å². The lowest BCUT2D eigenvalue weighted by atomic mass is 9.90. The summed E-state index contributed by atoms with van der Waals surface area (Å²) in [6.45, 7) is 2.72. The van der Waals surface area contributed by atoms with E-state index < -0.39 is 0 Å². The van der Waals surface area contributed by atoms with Gasteiger partial charge in [0.05, 0.1) is 12.3 Å². The standard InChI is InChI=1S/C25H23N3O2/c1-18-7-8-21-16-22(24(29)27-23(21)15-18)17-28(14-11-19-5-3-2-4-6-19)25(30)20-9-12-26-13-10-20/h2-10,12-13,15-16,21H,11,14,17H2,1H3. The number of dihydropyridines is 1. The lowest BCUT2D eigenvalue weighted by Crippen LogP contribution is -2.37. The average Bonchev–Trinajstić information content (AvgIpc) is 2.78. The van der Waals surface area contributed by atoms with Crippen molar-refractivity contribution in [1.82, 2.24) is 9.88 Å². The quantitative estimate of drug-likeness (QED) is 0.745. The van der Waals surface area contributed by atoms with Crippen LogP contribution in [0.4, 0.5) is 0 Å². The number of carbonyl (C=O) groups is 2. The predicted octanol–water partition coefficient (Wildman–Crippen LogP) is 3.81. The largest absolute Gasteiger partial charge is 0.334 e. The van der Waals surface area contributed by atoms with Crippen LogP contribution in [0.25, 0.3) is 0 Å². The smallest absolute Gasteiger partial charge is 0.274 e. The highest BCUT2D eigenvalue weighted by atomic mass is 16.2. The Morgan fingerprint density at radius 2 is 1.87 bits per heavy atom. The first-order valence-corrected chi connectivity index (χ1v) is 10.0. The molecule has 150 valence electrons. The van der Waals surface area contributed by atoms with Gasteiger partial charge in [0, 0.05) is 36.0 Å². The minimum atomic E-state index is -0.271. The summed E-state index contributed by atoms with van der Waals surface area (Å²) in [4.78, 5) is 35.8. The topological polar surface area (TPSA) is 62.6 Å². The summed E-state index contributed by atoms with van der Waals surface area (Å²) >= 11 is 0. The number of benzene rings is 1. The third-order valence-corrected chi connectivity index (χ3v) is 5.26. The molecule has 2 heterocycles. The van der Waals surface area contributed by atoms with E-state index in [2.05, 4.69) is 9.98 Å². The second-order valence-electron chi connectivity index (χ2n) is 7.51. The molecule has 5 heteroatoms. The molecule has 2 aliphatic rings. The molecule has 0 fully saturated rings. The number of aromatic nitrogens is 1. The highest BCUT2D eigenvalue weighted by Crippen LogP contribution is 2.23. The molecule has 0 bridgehead atoms. The molecule has 0 saturated heterocycles. The van der Waals surface area contributed by atoms with E-state index >= 15 is 0 Å². The lowest BCUT2D eigenvalue weighted by Gasteiger charge is -2.26. The number of fused-ring (bicyclic) bond motifs is 1. The van der Waals surface area contributed by atoms with Crippen LogP contribution in [0.3, 0.4) is 0 Å². The molecule has 2 aromatic rings. The molecular weight excluding hydrogens is 374 g/mol. The second-order valence-corrected chi connectivity index (χ2v) is 7.51. The molecule has 1 atom stereocenters. The number of aliphatic imine (C=N–C) groups is 1. The first kappa shape index (κ1) is 19.7. The zero-order valence-electron chi connectivity index (χ0n) is 16.9. The molecule has 1 aliphatic carbocycles. The molecule has 5 nitrogen and oxygen atoms in total. The van der Waals surface area contributed by atoms with Crippen molar-refractivity contribution in [3.63, 3.8) is 0 Å². The van der Waals surface area contributed by atoms with Crippen LogP contribution >= 0.6 is 0 Å². The fraction of sp³-hybridized carbons (Fsp3) is 0.200. The van der Waals surface area contributed by atoms with E-state index in [1.54, 1.807) is 29.4 Å². The molecule has 1 aromatic carbocycles. The molecule has 1 unspecified atom stereocenters. The van der Waals surface area contributed by atoms with Gasteiger partial charge in [-0.3, -0.25) is 14.6 Å². The van der Waals surface area contributed by atoms with Gasteiger partial charge in [0.1, 0.15) is 0 Å². The SMILES string of the molecule is CC1=CC2=NC(=O)C(CN(CCc3ccccc3)C(=O)c3ccncc3)=CC2C=C1. The molecule has 0 radical (unpaired) electrons. The molecule has 0 spiro atoms. The van der Waals surface area contributed by atoms with Crippen LogP contribution in [0, 0.1) is 5.92 Å². The Balaban J connectivity index is 1.56. The molecule has 0 N–H and O–H groups in total. The fourth-order valence-electron chi connectivity index (χ4n) is 3.62. The summed E-state index contributed by atoms with van der Waals surface area (Å²) < 4.78 is 0. The molecule has 30 heavy (non-hydrogen) atoms. The van der Waals surface area contributed by atoms with Gasteiger partial charge < -0.3 is 4.90 Å². The van der Waals surface area contributed by atoms with Crippen molar-refractivity contribution < 1.29 is 9.59 Å². The van der Waals surface area contributed by atoms with E-state index in [4.69, 9.17) is 0 Å². The number of nitrogens with zero attached hydrogens (tertiary/aromatic N) is 3. The van der Waals surface area contributed by atoms with E-state index in [-0.39, 0.29) is 24.3 Å². The van der Waals surface area contributed by atoms with E-state index in [0.29, 0.717) is 24.1 Å². The molecule has 1 aromatic heterocycles. The number of allylic oxidation sites excluding steroid dienone is 5. The summed E-state index contributed by atoms with van der Waals surface area (Å²) in [5.41, 5.74) is 4.09. The number of carbonyl (C=O) groups excluding carboxylic acids is 2. The Bertz CT molecular complexity index is 1070. The highest BCUT2D eigenvalue weighted by Gasteiger charge is 2.26. The Morgan fingerprint density at radius 3 is 2.63 bits per heavy atom. The number of pyridine rings is 1. The second kappa shape index (κ2) is 8.82.